The summed E-state index contributed by atoms with van der Waals surface area (Å²) in [6, 6.07) is 7.38. The molecule has 0 saturated carbocycles. The van der Waals surface area contributed by atoms with Crippen LogP contribution in [0.5, 0.6) is 0 Å². The highest BCUT2D eigenvalue weighted by molar-refractivity contribution is 5.97. The number of ketones is 1. The van der Waals surface area contributed by atoms with Crippen molar-refractivity contribution in [3.05, 3.63) is 64.1 Å². The molecule has 0 atom stereocenters. The van der Waals surface area contributed by atoms with Crippen molar-refractivity contribution in [3.8, 4) is 0 Å². The molecule has 1 amide bonds. The van der Waals surface area contributed by atoms with Gasteiger partial charge in [0.1, 0.15) is 0 Å². The quantitative estimate of drug-likeness (QED) is 0.822. The number of hydrogen-bond acceptors (Lipinski definition) is 3. The van der Waals surface area contributed by atoms with E-state index in [9.17, 15) is 27.6 Å². The third-order valence-electron chi connectivity index (χ3n) is 3.77. The summed E-state index contributed by atoms with van der Waals surface area (Å²) in [6.45, 7) is 4.75. The van der Waals surface area contributed by atoms with E-state index in [4.69, 9.17) is 0 Å². The summed E-state index contributed by atoms with van der Waals surface area (Å²) in [4.78, 5) is 36.0. The molecule has 0 radical (unpaired) electrons. The van der Waals surface area contributed by atoms with E-state index in [0.717, 1.165) is 10.6 Å². The fourth-order valence-corrected chi connectivity index (χ4v) is 2.13. The van der Waals surface area contributed by atoms with Gasteiger partial charge in [-0.25, -0.2) is 0 Å². The van der Waals surface area contributed by atoms with E-state index in [1.54, 1.807) is 20.8 Å². The van der Waals surface area contributed by atoms with Gasteiger partial charge < -0.3 is 9.88 Å². The molecule has 0 saturated heterocycles. The zero-order chi connectivity index (χ0) is 20.4. The monoisotopic (exact) mass is 380 g/mol. The van der Waals surface area contributed by atoms with E-state index in [-0.39, 0.29) is 11.5 Å². The molecule has 1 aromatic heterocycles. The number of alkyl halides is 3. The molecular weight excluding hydrogens is 361 g/mol. The molecule has 0 fully saturated rings. The summed E-state index contributed by atoms with van der Waals surface area (Å²) in [5.74, 6) is -0.720. The first-order valence-corrected chi connectivity index (χ1v) is 8.10. The molecule has 5 nitrogen and oxygen atoms in total. The number of pyridine rings is 1. The van der Waals surface area contributed by atoms with Gasteiger partial charge in [0.15, 0.2) is 5.78 Å². The summed E-state index contributed by atoms with van der Waals surface area (Å²) < 4.78 is 39.0. The first-order chi connectivity index (χ1) is 12.4. The topological polar surface area (TPSA) is 68.2 Å². The van der Waals surface area contributed by atoms with E-state index in [2.05, 4.69) is 5.32 Å². The Kier molecular flexibility index (Phi) is 5.58. The molecular formula is C19H19F3N2O3. The lowest BCUT2D eigenvalue weighted by Crippen LogP contribution is -2.27. The van der Waals surface area contributed by atoms with E-state index in [0.29, 0.717) is 18.0 Å². The molecule has 0 unspecified atom stereocenters. The molecule has 1 N–H and O–H groups in total. The second-order valence-electron chi connectivity index (χ2n) is 7.09. The van der Waals surface area contributed by atoms with Crippen LogP contribution in [0.3, 0.4) is 0 Å². The fraction of sp³-hybridized carbons (Fsp3) is 0.316. The van der Waals surface area contributed by atoms with E-state index < -0.39 is 35.0 Å². The molecule has 0 bridgehead atoms. The van der Waals surface area contributed by atoms with Crippen molar-refractivity contribution in [2.24, 2.45) is 5.41 Å². The maximum absolute atomic E-state index is 12.8. The van der Waals surface area contributed by atoms with Crippen LogP contribution in [-0.4, -0.2) is 16.3 Å². The van der Waals surface area contributed by atoms with Crippen LogP contribution in [0, 0.1) is 5.41 Å². The van der Waals surface area contributed by atoms with Crippen LogP contribution >= 0.6 is 0 Å². The van der Waals surface area contributed by atoms with Gasteiger partial charge in [-0.15, -0.1) is 0 Å². The number of nitrogens with zero attached hydrogens (tertiary/aromatic N) is 1. The third-order valence-corrected chi connectivity index (χ3v) is 3.77. The Morgan fingerprint density at radius 2 is 1.59 bits per heavy atom. The highest BCUT2D eigenvalue weighted by Crippen LogP contribution is 2.28. The van der Waals surface area contributed by atoms with E-state index in [1.807, 2.05) is 0 Å². The second kappa shape index (κ2) is 7.38. The maximum atomic E-state index is 12.8. The highest BCUT2D eigenvalue weighted by atomic mass is 19.4. The van der Waals surface area contributed by atoms with Gasteiger partial charge in [0.25, 0.3) is 5.56 Å². The van der Waals surface area contributed by atoms with Crippen LogP contribution in [0.1, 0.15) is 36.7 Å². The standard InChI is InChI=1S/C19H19F3N2O3/c1-18(2,3)17(27)23-14-7-4-12(5-8-14)15(25)11-24-10-13(19(20,21)22)6-9-16(24)26/h4-10H,11H2,1-3H3,(H,23,27). The predicted molar refractivity (Wildman–Crippen MR) is 94.6 cm³/mol. The Bertz CT molecular complexity index is 908. The number of hydrogen-bond donors (Lipinski definition) is 1. The molecule has 1 aromatic carbocycles. The predicted octanol–water partition coefficient (Wildman–Crippen LogP) is 3.73. The van der Waals surface area contributed by atoms with Gasteiger partial charge in [0.05, 0.1) is 12.1 Å². The molecule has 0 aliphatic carbocycles. The lowest BCUT2D eigenvalue weighted by atomic mass is 9.95. The molecule has 2 rings (SSSR count). The summed E-state index contributed by atoms with van der Waals surface area (Å²) in [5.41, 5.74) is -1.59. The van der Waals surface area contributed by atoms with Crippen LogP contribution in [0.15, 0.2) is 47.4 Å². The van der Waals surface area contributed by atoms with Crippen LogP contribution in [-0.2, 0) is 17.5 Å². The minimum Gasteiger partial charge on any atom is -0.326 e. The average Bonchev–Trinajstić information content (AvgIpc) is 2.55. The second-order valence-corrected chi connectivity index (χ2v) is 7.09. The number of Topliss-reactive ketones (excluding diaryl/α,β-unsaturated/α-hetero) is 1. The van der Waals surface area contributed by atoms with Crippen molar-refractivity contribution in [1.82, 2.24) is 4.57 Å². The van der Waals surface area contributed by atoms with E-state index >= 15 is 0 Å². The van der Waals surface area contributed by atoms with Crippen molar-refractivity contribution >= 4 is 17.4 Å². The average molecular weight is 380 g/mol. The Balaban J connectivity index is 2.15. The maximum Gasteiger partial charge on any atom is 0.417 e. The van der Waals surface area contributed by atoms with Crippen molar-refractivity contribution in [1.29, 1.82) is 0 Å². The Labute approximate surface area is 153 Å². The molecule has 27 heavy (non-hydrogen) atoms. The number of carbonyl (C=O) groups is 2. The normalized spacial score (nSPS) is 11.9. The molecule has 2 aromatic rings. The minimum absolute atomic E-state index is 0.197. The Morgan fingerprint density at radius 3 is 2.11 bits per heavy atom. The summed E-state index contributed by atoms with van der Waals surface area (Å²) in [7, 11) is 0. The third kappa shape index (κ3) is 5.29. The van der Waals surface area contributed by atoms with Crippen LogP contribution in [0.2, 0.25) is 0 Å². The van der Waals surface area contributed by atoms with Crippen LogP contribution in [0.4, 0.5) is 18.9 Å². The zero-order valence-electron chi connectivity index (χ0n) is 15.1. The molecule has 1 heterocycles. The Morgan fingerprint density at radius 1 is 1.00 bits per heavy atom. The van der Waals surface area contributed by atoms with Crippen molar-refractivity contribution in [3.63, 3.8) is 0 Å². The van der Waals surface area contributed by atoms with Crippen LogP contribution < -0.4 is 10.9 Å². The van der Waals surface area contributed by atoms with Gasteiger partial charge in [-0.3, -0.25) is 14.4 Å². The van der Waals surface area contributed by atoms with E-state index in [1.165, 1.54) is 24.3 Å². The number of carbonyl (C=O) groups excluding carboxylic acids is 2. The summed E-state index contributed by atoms with van der Waals surface area (Å²) >= 11 is 0. The van der Waals surface area contributed by atoms with Crippen molar-refractivity contribution in [2.75, 3.05) is 5.32 Å². The SMILES string of the molecule is CC(C)(C)C(=O)Nc1ccc(C(=O)Cn2cc(C(F)(F)F)ccc2=O)cc1. The van der Waals surface area contributed by atoms with Crippen LogP contribution in [0.25, 0.3) is 0 Å². The zero-order valence-corrected chi connectivity index (χ0v) is 15.1. The largest absolute Gasteiger partial charge is 0.417 e. The van der Waals surface area contributed by atoms with Gasteiger partial charge >= 0.3 is 6.18 Å². The number of nitrogens with one attached hydrogen (secondary N) is 1. The van der Waals surface area contributed by atoms with Gasteiger partial charge in [-0.2, -0.15) is 13.2 Å². The van der Waals surface area contributed by atoms with Gasteiger partial charge in [-0.1, -0.05) is 20.8 Å². The van der Waals surface area contributed by atoms with Gasteiger partial charge in [-0.05, 0) is 30.3 Å². The molecule has 8 heteroatoms. The lowest BCUT2D eigenvalue weighted by Gasteiger charge is -2.17. The molecule has 0 aliphatic heterocycles. The number of halogens is 3. The molecule has 0 aliphatic rings. The minimum atomic E-state index is -4.61. The van der Waals surface area contributed by atoms with Crippen molar-refractivity contribution in [2.45, 2.75) is 33.5 Å². The first-order valence-electron chi connectivity index (χ1n) is 8.10. The smallest absolute Gasteiger partial charge is 0.326 e. The number of benzene rings is 1. The number of amides is 1. The summed E-state index contributed by atoms with van der Waals surface area (Å²) in [5, 5.41) is 2.70. The number of anilines is 1. The van der Waals surface area contributed by atoms with Gasteiger partial charge in [0.2, 0.25) is 5.91 Å². The lowest BCUT2D eigenvalue weighted by molar-refractivity contribution is -0.138. The number of aromatic nitrogens is 1. The first kappa shape index (κ1) is 20.4. The van der Waals surface area contributed by atoms with Gasteiger partial charge in [0, 0.05) is 28.9 Å². The molecule has 144 valence electrons. The highest BCUT2D eigenvalue weighted by Gasteiger charge is 2.31. The molecule has 0 spiro atoms. The van der Waals surface area contributed by atoms with Crippen molar-refractivity contribution < 1.29 is 22.8 Å². The summed E-state index contributed by atoms with van der Waals surface area (Å²) in [6.07, 6.45) is -3.98. The Hall–Kier alpha value is -2.90. The number of rotatable bonds is 4. The fourth-order valence-electron chi connectivity index (χ4n) is 2.13.